The van der Waals surface area contributed by atoms with Gasteiger partial charge in [-0.15, -0.1) is 0 Å². The number of benzene rings is 2. The first kappa shape index (κ1) is 17.8. The Kier molecular flexibility index (Phi) is 6.15. The number of para-hydroxylation sites is 1. The van der Waals surface area contributed by atoms with Gasteiger partial charge >= 0.3 is 0 Å². The van der Waals surface area contributed by atoms with Crippen LogP contribution < -0.4 is 10.6 Å². The van der Waals surface area contributed by atoms with Gasteiger partial charge in [0.2, 0.25) is 5.91 Å². The molecule has 4 nitrogen and oxygen atoms in total. The SMILES string of the molecule is C[C@H](Nc1ccc(SC(F)F)cc1)C(=O)Nc1ccccc1C#N. The maximum atomic E-state index is 12.3. The van der Waals surface area contributed by atoms with E-state index in [0.717, 1.165) is 0 Å². The van der Waals surface area contributed by atoms with Gasteiger partial charge in [-0.05, 0) is 43.3 Å². The van der Waals surface area contributed by atoms with Crippen LogP contribution in [0.3, 0.4) is 0 Å². The summed E-state index contributed by atoms with van der Waals surface area (Å²) in [7, 11) is 0. The van der Waals surface area contributed by atoms with E-state index in [1.54, 1.807) is 55.5 Å². The normalized spacial score (nSPS) is 11.6. The van der Waals surface area contributed by atoms with Crippen LogP contribution in [0.1, 0.15) is 12.5 Å². The number of rotatable bonds is 6. The van der Waals surface area contributed by atoms with Crippen molar-refractivity contribution in [2.45, 2.75) is 23.6 Å². The van der Waals surface area contributed by atoms with Crippen LogP contribution in [-0.2, 0) is 4.79 Å². The molecular weight excluding hydrogens is 332 g/mol. The van der Waals surface area contributed by atoms with Crippen molar-refractivity contribution >= 4 is 29.0 Å². The molecule has 0 bridgehead atoms. The molecule has 7 heteroatoms. The molecule has 2 aromatic carbocycles. The van der Waals surface area contributed by atoms with Crippen LogP contribution in [0.4, 0.5) is 20.2 Å². The van der Waals surface area contributed by atoms with Crippen molar-refractivity contribution < 1.29 is 13.6 Å². The third kappa shape index (κ3) is 4.96. The summed E-state index contributed by atoms with van der Waals surface area (Å²) in [6.45, 7) is 1.67. The number of carbonyl (C=O) groups excluding carboxylic acids is 1. The fourth-order valence-corrected chi connectivity index (χ4v) is 2.48. The summed E-state index contributed by atoms with van der Waals surface area (Å²) >= 11 is 0.467. The van der Waals surface area contributed by atoms with Crippen LogP contribution in [0, 0.1) is 11.3 Å². The van der Waals surface area contributed by atoms with E-state index in [2.05, 4.69) is 10.6 Å². The fourth-order valence-electron chi connectivity index (χ4n) is 1.98. The molecule has 0 aliphatic heterocycles. The molecule has 1 amide bonds. The van der Waals surface area contributed by atoms with Gasteiger partial charge in [-0.2, -0.15) is 14.0 Å². The lowest BCUT2D eigenvalue weighted by Crippen LogP contribution is -2.32. The van der Waals surface area contributed by atoms with E-state index >= 15 is 0 Å². The number of nitrogens with one attached hydrogen (secondary N) is 2. The molecule has 124 valence electrons. The maximum absolute atomic E-state index is 12.3. The van der Waals surface area contributed by atoms with Crippen LogP contribution >= 0.6 is 11.8 Å². The Morgan fingerprint density at radius 3 is 2.46 bits per heavy atom. The van der Waals surface area contributed by atoms with E-state index in [9.17, 15) is 13.6 Å². The van der Waals surface area contributed by atoms with E-state index in [0.29, 0.717) is 33.6 Å². The minimum Gasteiger partial charge on any atom is -0.374 e. The predicted octanol–water partition coefficient (Wildman–Crippen LogP) is 4.31. The van der Waals surface area contributed by atoms with Crippen LogP contribution in [-0.4, -0.2) is 17.7 Å². The largest absolute Gasteiger partial charge is 0.374 e. The number of halogens is 2. The first-order chi connectivity index (χ1) is 11.5. The Bertz CT molecular complexity index is 744. The Hall–Kier alpha value is -2.59. The zero-order valence-corrected chi connectivity index (χ0v) is 13.6. The van der Waals surface area contributed by atoms with Gasteiger partial charge in [0.1, 0.15) is 12.1 Å². The molecule has 0 aliphatic carbocycles. The van der Waals surface area contributed by atoms with Gasteiger partial charge in [0, 0.05) is 10.6 Å². The molecule has 2 rings (SSSR count). The summed E-state index contributed by atoms with van der Waals surface area (Å²) in [5, 5.41) is 14.7. The molecule has 2 N–H and O–H groups in total. The molecule has 2 aromatic rings. The van der Waals surface area contributed by atoms with Gasteiger partial charge in [-0.3, -0.25) is 4.79 Å². The summed E-state index contributed by atoms with van der Waals surface area (Å²) < 4.78 is 24.6. The predicted molar refractivity (Wildman–Crippen MR) is 91.2 cm³/mol. The molecular formula is C17H15F2N3OS. The lowest BCUT2D eigenvalue weighted by atomic mass is 10.2. The van der Waals surface area contributed by atoms with E-state index < -0.39 is 11.8 Å². The number of anilines is 2. The first-order valence-corrected chi connectivity index (χ1v) is 7.99. The summed E-state index contributed by atoms with van der Waals surface area (Å²) in [5.41, 5.74) is 1.47. The van der Waals surface area contributed by atoms with E-state index in [1.807, 2.05) is 6.07 Å². The maximum Gasteiger partial charge on any atom is 0.288 e. The highest BCUT2D eigenvalue weighted by Crippen LogP contribution is 2.26. The minimum atomic E-state index is -2.46. The minimum absolute atomic E-state index is 0.302. The highest BCUT2D eigenvalue weighted by molar-refractivity contribution is 7.99. The van der Waals surface area contributed by atoms with Gasteiger partial charge in [0.05, 0.1) is 11.3 Å². The number of hydrogen-bond acceptors (Lipinski definition) is 4. The average molecular weight is 347 g/mol. The molecule has 24 heavy (non-hydrogen) atoms. The molecule has 0 saturated carbocycles. The molecule has 0 spiro atoms. The van der Waals surface area contributed by atoms with Gasteiger partial charge < -0.3 is 10.6 Å². The molecule has 0 aromatic heterocycles. The Morgan fingerprint density at radius 1 is 1.17 bits per heavy atom. The van der Waals surface area contributed by atoms with Gasteiger partial charge in [0.15, 0.2) is 0 Å². The first-order valence-electron chi connectivity index (χ1n) is 7.11. The monoisotopic (exact) mass is 347 g/mol. The van der Waals surface area contributed by atoms with Crippen molar-refractivity contribution in [1.82, 2.24) is 0 Å². The summed E-state index contributed by atoms with van der Waals surface area (Å²) in [6, 6.07) is 14.6. The number of carbonyl (C=O) groups is 1. The highest BCUT2D eigenvalue weighted by atomic mass is 32.2. The van der Waals surface area contributed by atoms with Crippen LogP contribution in [0.5, 0.6) is 0 Å². The molecule has 1 atom stereocenters. The number of alkyl halides is 2. The zero-order valence-electron chi connectivity index (χ0n) is 12.8. The van der Waals surface area contributed by atoms with Crippen molar-refractivity contribution in [2.75, 3.05) is 10.6 Å². The number of nitriles is 1. The van der Waals surface area contributed by atoms with E-state index in [-0.39, 0.29) is 5.91 Å². The Balaban J connectivity index is 1.97. The number of nitrogens with zero attached hydrogens (tertiary/aromatic N) is 1. The number of thioether (sulfide) groups is 1. The second kappa shape index (κ2) is 8.31. The Labute approximate surface area is 142 Å². The van der Waals surface area contributed by atoms with E-state index in [4.69, 9.17) is 5.26 Å². The standard InChI is InChI=1S/C17H15F2N3OS/c1-11(16(23)22-15-5-3-2-4-12(15)10-20)21-13-6-8-14(9-7-13)24-17(18)19/h2-9,11,17,21H,1H3,(H,22,23)/t11-/m0/s1. The number of hydrogen-bond donors (Lipinski definition) is 2. The summed E-state index contributed by atoms with van der Waals surface area (Å²) in [4.78, 5) is 12.7. The summed E-state index contributed by atoms with van der Waals surface area (Å²) in [6.07, 6.45) is 0. The second-order valence-electron chi connectivity index (χ2n) is 4.92. The molecule has 0 unspecified atom stereocenters. The lowest BCUT2D eigenvalue weighted by molar-refractivity contribution is -0.116. The molecule has 0 aliphatic rings. The molecule has 0 radical (unpaired) electrons. The third-order valence-electron chi connectivity index (χ3n) is 3.16. The lowest BCUT2D eigenvalue weighted by Gasteiger charge is -2.16. The zero-order chi connectivity index (χ0) is 17.5. The average Bonchev–Trinajstić information content (AvgIpc) is 2.56. The smallest absolute Gasteiger partial charge is 0.288 e. The van der Waals surface area contributed by atoms with Crippen molar-refractivity contribution in [3.63, 3.8) is 0 Å². The van der Waals surface area contributed by atoms with Crippen LogP contribution in [0.2, 0.25) is 0 Å². The topological polar surface area (TPSA) is 64.9 Å². The van der Waals surface area contributed by atoms with Crippen LogP contribution in [0.15, 0.2) is 53.4 Å². The molecule has 0 fully saturated rings. The van der Waals surface area contributed by atoms with Gasteiger partial charge in [0.25, 0.3) is 5.76 Å². The summed E-state index contributed by atoms with van der Waals surface area (Å²) in [5.74, 6) is -2.77. The van der Waals surface area contributed by atoms with Crippen molar-refractivity contribution in [3.8, 4) is 6.07 Å². The Morgan fingerprint density at radius 2 is 1.83 bits per heavy atom. The van der Waals surface area contributed by atoms with Crippen molar-refractivity contribution in [3.05, 3.63) is 54.1 Å². The van der Waals surface area contributed by atoms with E-state index in [1.165, 1.54) is 0 Å². The van der Waals surface area contributed by atoms with Crippen molar-refractivity contribution in [2.24, 2.45) is 0 Å². The van der Waals surface area contributed by atoms with Crippen LogP contribution in [0.25, 0.3) is 0 Å². The molecule has 0 saturated heterocycles. The van der Waals surface area contributed by atoms with Gasteiger partial charge in [-0.25, -0.2) is 0 Å². The highest BCUT2D eigenvalue weighted by Gasteiger charge is 2.14. The van der Waals surface area contributed by atoms with Crippen molar-refractivity contribution in [1.29, 1.82) is 5.26 Å². The quantitative estimate of drug-likeness (QED) is 0.764. The fraction of sp³-hybridized carbons (Fsp3) is 0.176. The molecule has 0 heterocycles. The second-order valence-corrected chi connectivity index (χ2v) is 5.98. The third-order valence-corrected chi connectivity index (χ3v) is 3.88. The number of amides is 1. The van der Waals surface area contributed by atoms with Gasteiger partial charge in [-0.1, -0.05) is 23.9 Å².